The van der Waals surface area contributed by atoms with Gasteiger partial charge in [-0.05, 0) is 24.3 Å². The molecule has 17 heavy (non-hydrogen) atoms. The highest BCUT2D eigenvalue weighted by molar-refractivity contribution is 6.76. The zero-order chi connectivity index (χ0) is 12.9. The normalized spacial score (nSPS) is 14.0. The maximum absolute atomic E-state index is 6.26. The van der Waals surface area contributed by atoms with Crippen LogP contribution in [0, 0.1) is 5.92 Å². The van der Waals surface area contributed by atoms with Crippen LogP contribution in [0.2, 0.25) is 25.7 Å². The Kier molecular flexibility index (Phi) is 5.41. The Labute approximate surface area is 107 Å². The number of hydrogen-bond acceptors (Lipinski definition) is 1. The lowest BCUT2D eigenvalue weighted by molar-refractivity contribution is 0.640. The first-order valence-electron chi connectivity index (χ1n) is 6.50. The van der Waals surface area contributed by atoms with Crippen molar-refractivity contribution in [3.63, 3.8) is 0 Å². The van der Waals surface area contributed by atoms with Gasteiger partial charge in [-0.25, -0.2) is 0 Å². The summed E-state index contributed by atoms with van der Waals surface area (Å²) in [7, 11) is -0.934. The molecule has 0 aliphatic rings. The van der Waals surface area contributed by atoms with Gasteiger partial charge in [0.05, 0.1) is 0 Å². The van der Waals surface area contributed by atoms with Crippen LogP contribution < -0.4 is 5.73 Å². The fourth-order valence-corrected chi connectivity index (χ4v) is 2.94. The van der Waals surface area contributed by atoms with E-state index in [0.29, 0.717) is 0 Å². The highest BCUT2D eigenvalue weighted by atomic mass is 28.3. The number of hydrogen-bond donors (Lipinski definition) is 1. The quantitative estimate of drug-likeness (QED) is 0.760. The molecule has 0 aliphatic heterocycles. The Morgan fingerprint density at radius 1 is 1.18 bits per heavy atom. The average molecular weight is 248 g/mol. The average Bonchev–Trinajstić information content (AvgIpc) is 2.26. The third-order valence-electron chi connectivity index (χ3n) is 3.20. The molecule has 2 heteroatoms. The minimum atomic E-state index is -0.934. The van der Waals surface area contributed by atoms with Crippen molar-refractivity contribution in [2.75, 3.05) is 0 Å². The standard InChI is InChI=1S/C15H26NSi/c1-13(10-11-17(2,3)4)15(16)12-14-8-6-5-7-9-14/h5-9,15H,10-12,16H2,1-4H3. The highest BCUT2D eigenvalue weighted by Gasteiger charge is 2.18. The largest absolute Gasteiger partial charge is 0.327 e. The Balaban J connectivity index is 2.40. The van der Waals surface area contributed by atoms with E-state index in [4.69, 9.17) is 5.73 Å². The number of nitrogens with two attached hydrogens (primary N) is 1. The van der Waals surface area contributed by atoms with Gasteiger partial charge in [0.25, 0.3) is 0 Å². The molecular weight excluding hydrogens is 222 g/mol. The fraction of sp³-hybridized carbons (Fsp3) is 0.533. The van der Waals surface area contributed by atoms with Crippen molar-refractivity contribution >= 4 is 8.07 Å². The van der Waals surface area contributed by atoms with Gasteiger partial charge in [-0.3, -0.25) is 0 Å². The summed E-state index contributed by atoms with van der Waals surface area (Å²) in [5.74, 6) is 1.45. The van der Waals surface area contributed by atoms with Crippen molar-refractivity contribution in [1.29, 1.82) is 0 Å². The van der Waals surface area contributed by atoms with Crippen LogP contribution in [0.25, 0.3) is 0 Å². The molecule has 1 unspecified atom stereocenters. The summed E-state index contributed by atoms with van der Waals surface area (Å²) >= 11 is 0. The first kappa shape index (κ1) is 14.5. The van der Waals surface area contributed by atoms with Crippen molar-refractivity contribution in [3.8, 4) is 0 Å². The van der Waals surface area contributed by atoms with E-state index in [1.165, 1.54) is 23.9 Å². The smallest absolute Gasteiger partial charge is 0.0442 e. The highest BCUT2D eigenvalue weighted by Crippen LogP contribution is 2.21. The van der Waals surface area contributed by atoms with Crippen LogP contribution in [0.4, 0.5) is 0 Å². The van der Waals surface area contributed by atoms with E-state index < -0.39 is 8.07 Å². The molecule has 0 aliphatic carbocycles. The predicted octanol–water partition coefficient (Wildman–Crippen LogP) is 3.88. The van der Waals surface area contributed by atoms with Gasteiger partial charge in [0.2, 0.25) is 0 Å². The topological polar surface area (TPSA) is 26.0 Å². The van der Waals surface area contributed by atoms with Crippen molar-refractivity contribution < 1.29 is 0 Å². The van der Waals surface area contributed by atoms with Crippen LogP contribution in [-0.4, -0.2) is 14.1 Å². The lowest BCUT2D eigenvalue weighted by Gasteiger charge is -2.23. The third kappa shape index (κ3) is 6.04. The van der Waals surface area contributed by atoms with E-state index in [0.717, 1.165) is 6.42 Å². The second-order valence-corrected chi connectivity index (χ2v) is 11.8. The van der Waals surface area contributed by atoms with Gasteiger partial charge in [0.15, 0.2) is 0 Å². The fourth-order valence-electron chi connectivity index (χ4n) is 1.80. The zero-order valence-corrected chi connectivity index (χ0v) is 12.7. The molecule has 1 rings (SSSR count). The van der Waals surface area contributed by atoms with Crippen LogP contribution in [0.15, 0.2) is 30.3 Å². The Hall–Kier alpha value is -0.603. The molecule has 1 aromatic rings. The molecule has 0 bridgehead atoms. The first-order chi connectivity index (χ1) is 7.88. The summed E-state index contributed by atoms with van der Waals surface area (Å²) < 4.78 is 0. The van der Waals surface area contributed by atoms with Crippen LogP contribution in [0.5, 0.6) is 0 Å². The molecule has 95 valence electrons. The SMILES string of the molecule is C[C](CC[Si](C)(C)C)C(N)Cc1ccccc1. The molecular formula is C15H26NSi. The zero-order valence-electron chi connectivity index (χ0n) is 11.7. The van der Waals surface area contributed by atoms with Crippen molar-refractivity contribution in [2.24, 2.45) is 5.73 Å². The van der Waals surface area contributed by atoms with Crippen LogP contribution in [0.1, 0.15) is 18.9 Å². The summed E-state index contributed by atoms with van der Waals surface area (Å²) in [4.78, 5) is 0. The molecule has 1 atom stereocenters. The summed E-state index contributed by atoms with van der Waals surface area (Å²) in [5, 5.41) is 0. The van der Waals surface area contributed by atoms with Gasteiger partial charge in [0.1, 0.15) is 0 Å². The van der Waals surface area contributed by atoms with E-state index in [9.17, 15) is 0 Å². The minimum Gasteiger partial charge on any atom is -0.327 e. The van der Waals surface area contributed by atoms with E-state index in [2.05, 4.69) is 56.9 Å². The van der Waals surface area contributed by atoms with E-state index in [1.54, 1.807) is 0 Å². The molecule has 0 saturated heterocycles. The summed E-state index contributed by atoms with van der Waals surface area (Å²) in [6.07, 6.45) is 2.17. The second-order valence-electron chi connectivity index (χ2n) is 6.20. The Morgan fingerprint density at radius 3 is 2.29 bits per heavy atom. The predicted molar refractivity (Wildman–Crippen MR) is 79.8 cm³/mol. The van der Waals surface area contributed by atoms with E-state index in [-0.39, 0.29) is 6.04 Å². The minimum absolute atomic E-state index is 0.216. The van der Waals surface area contributed by atoms with Crippen LogP contribution in [-0.2, 0) is 6.42 Å². The van der Waals surface area contributed by atoms with Crippen molar-refractivity contribution in [3.05, 3.63) is 41.8 Å². The monoisotopic (exact) mass is 248 g/mol. The van der Waals surface area contributed by atoms with Crippen LogP contribution >= 0.6 is 0 Å². The van der Waals surface area contributed by atoms with Gasteiger partial charge in [0, 0.05) is 14.1 Å². The molecule has 1 aromatic carbocycles. The summed E-state index contributed by atoms with van der Waals surface area (Å²) in [6.45, 7) is 9.47. The van der Waals surface area contributed by atoms with E-state index >= 15 is 0 Å². The molecule has 1 radical (unpaired) electrons. The van der Waals surface area contributed by atoms with Gasteiger partial charge in [-0.2, -0.15) is 0 Å². The maximum Gasteiger partial charge on any atom is 0.0442 e. The Morgan fingerprint density at radius 2 is 1.76 bits per heavy atom. The van der Waals surface area contributed by atoms with Crippen molar-refractivity contribution in [2.45, 2.75) is 51.5 Å². The van der Waals surface area contributed by atoms with Gasteiger partial charge in [-0.15, -0.1) is 0 Å². The molecule has 0 fully saturated rings. The van der Waals surface area contributed by atoms with Gasteiger partial charge in [-0.1, -0.05) is 62.9 Å². The Bertz CT molecular complexity index is 315. The number of benzene rings is 1. The van der Waals surface area contributed by atoms with E-state index in [1.807, 2.05) is 0 Å². The molecule has 2 N–H and O–H groups in total. The first-order valence-corrected chi connectivity index (χ1v) is 10.2. The molecule has 0 heterocycles. The van der Waals surface area contributed by atoms with Gasteiger partial charge >= 0.3 is 0 Å². The second kappa shape index (κ2) is 6.36. The lowest BCUT2D eigenvalue weighted by atomic mass is 9.94. The lowest BCUT2D eigenvalue weighted by Crippen LogP contribution is -2.31. The number of rotatable bonds is 6. The van der Waals surface area contributed by atoms with Crippen LogP contribution in [0.3, 0.4) is 0 Å². The third-order valence-corrected chi connectivity index (χ3v) is 4.95. The molecule has 0 spiro atoms. The molecule has 1 nitrogen and oxygen atoms in total. The summed E-state index contributed by atoms with van der Waals surface area (Å²) in [5.41, 5.74) is 7.60. The molecule has 0 aromatic heterocycles. The maximum atomic E-state index is 6.26. The molecule has 0 saturated carbocycles. The van der Waals surface area contributed by atoms with Gasteiger partial charge < -0.3 is 5.73 Å². The van der Waals surface area contributed by atoms with Crippen molar-refractivity contribution in [1.82, 2.24) is 0 Å². The summed E-state index contributed by atoms with van der Waals surface area (Å²) in [6, 6.07) is 12.1. The molecule has 0 amide bonds.